The van der Waals surface area contributed by atoms with Gasteiger partial charge in [0.25, 0.3) is 0 Å². The lowest BCUT2D eigenvalue weighted by Crippen LogP contribution is -2.44. The molecule has 1 heterocycles. The summed E-state index contributed by atoms with van der Waals surface area (Å²) >= 11 is 0. The molecule has 2 unspecified atom stereocenters. The quantitative estimate of drug-likeness (QED) is 0.716. The van der Waals surface area contributed by atoms with E-state index in [-0.39, 0.29) is 6.04 Å². The molecule has 2 atom stereocenters. The number of rotatable bonds is 7. The molecule has 4 nitrogen and oxygen atoms in total. The minimum atomic E-state index is -0.0403. The highest BCUT2D eigenvalue weighted by Gasteiger charge is 2.24. The van der Waals surface area contributed by atoms with Crippen molar-refractivity contribution in [1.82, 2.24) is 15.1 Å². The zero-order valence-corrected chi connectivity index (χ0v) is 11.4. The van der Waals surface area contributed by atoms with E-state index in [1.54, 1.807) is 0 Å². The lowest BCUT2D eigenvalue weighted by Gasteiger charge is -2.28. The second-order valence-corrected chi connectivity index (χ2v) is 4.89. The van der Waals surface area contributed by atoms with E-state index >= 15 is 0 Å². The number of hydrogen-bond acceptors (Lipinski definition) is 4. The third-order valence-electron chi connectivity index (χ3n) is 3.53. The van der Waals surface area contributed by atoms with Crippen molar-refractivity contribution in [2.45, 2.75) is 38.8 Å². The van der Waals surface area contributed by atoms with Crippen LogP contribution < -0.4 is 5.32 Å². The van der Waals surface area contributed by atoms with Crippen LogP contribution in [0.3, 0.4) is 0 Å². The summed E-state index contributed by atoms with van der Waals surface area (Å²) in [5, 5.41) is 12.2. The monoisotopic (exact) mass is 238 g/mol. The first-order valence-corrected chi connectivity index (χ1v) is 6.76. The topological polar surface area (TPSA) is 42.3 Å². The van der Waals surface area contributed by atoms with Crippen molar-refractivity contribution in [3.63, 3.8) is 0 Å². The fraction of sp³-hybridized carbons (Fsp3) is 0.923. The minimum Gasteiger partial charge on any atom is -0.302 e. The Morgan fingerprint density at radius 3 is 2.88 bits per heavy atom. The van der Waals surface area contributed by atoms with Crippen LogP contribution in [0.5, 0.6) is 0 Å². The summed E-state index contributed by atoms with van der Waals surface area (Å²) in [4.78, 5) is 4.83. The van der Waals surface area contributed by atoms with Gasteiger partial charge in [-0.3, -0.25) is 4.90 Å². The summed E-state index contributed by atoms with van der Waals surface area (Å²) in [5.41, 5.74) is 0. The number of hydrogen-bond donors (Lipinski definition) is 1. The van der Waals surface area contributed by atoms with Crippen molar-refractivity contribution in [3.05, 3.63) is 0 Å². The smallest absolute Gasteiger partial charge is 0.108 e. The van der Waals surface area contributed by atoms with Gasteiger partial charge in [0.05, 0.1) is 6.07 Å². The fourth-order valence-corrected chi connectivity index (χ4v) is 2.66. The minimum absolute atomic E-state index is 0.0403. The predicted octanol–water partition coefficient (Wildman–Crippen LogP) is 0.904. The Balaban J connectivity index is 2.33. The highest BCUT2D eigenvalue weighted by atomic mass is 15.2. The molecule has 0 amide bonds. The molecule has 0 aromatic carbocycles. The molecule has 1 aliphatic heterocycles. The molecule has 0 saturated carbocycles. The first-order valence-electron chi connectivity index (χ1n) is 6.76. The van der Waals surface area contributed by atoms with Crippen LogP contribution in [0.2, 0.25) is 0 Å². The Bertz CT molecular complexity index is 248. The number of nitrogens with zero attached hydrogens (tertiary/aromatic N) is 3. The van der Waals surface area contributed by atoms with Crippen LogP contribution in [0.15, 0.2) is 0 Å². The molecule has 98 valence electrons. The Labute approximate surface area is 106 Å². The number of nitriles is 1. The van der Waals surface area contributed by atoms with E-state index in [2.05, 4.69) is 35.2 Å². The van der Waals surface area contributed by atoms with E-state index < -0.39 is 0 Å². The summed E-state index contributed by atoms with van der Waals surface area (Å²) in [6, 6.07) is 2.96. The van der Waals surface area contributed by atoms with Gasteiger partial charge in [-0.25, -0.2) is 0 Å². The maximum Gasteiger partial charge on any atom is 0.108 e. The molecule has 1 N–H and O–H groups in total. The average molecular weight is 238 g/mol. The van der Waals surface area contributed by atoms with E-state index in [0.29, 0.717) is 6.04 Å². The van der Waals surface area contributed by atoms with Gasteiger partial charge in [0.2, 0.25) is 0 Å². The summed E-state index contributed by atoms with van der Waals surface area (Å²) < 4.78 is 0. The predicted molar refractivity (Wildman–Crippen MR) is 70.8 cm³/mol. The molecule has 0 radical (unpaired) electrons. The number of nitrogens with one attached hydrogen (secondary N) is 1. The van der Waals surface area contributed by atoms with Crippen molar-refractivity contribution in [2.24, 2.45) is 0 Å². The lowest BCUT2D eigenvalue weighted by atomic mass is 10.2. The third kappa shape index (κ3) is 4.63. The van der Waals surface area contributed by atoms with Gasteiger partial charge in [0.1, 0.15) is 6.04 Å². The van der Waals surface area contributed by atoms with Gasteiger partial charge in [-0.1, -0.05) is 13.8 Å². The Hall–Kier alpha value is -0.630. The molecule has 0 aliphatic carbocycles. The average Bonchev–Trinajstić information content (AvgIpc) is 2.75. The van der Waals surface area contributed by atoms with Crippen LogP contribution in [0, 0.1) is 11.3 Å². The normalized spacial score (nSPS) is 22.9. The van der Waals surface area contributed by atoms with Crippen molar-refractivity contribution in [3.8, 4) is 6.07 Å². The number of likely N-dealkylation sites (N-methyl/N-ethyl adjacent to an activating group) is 3. The van der Waals surface area contributed by atoms with Gasteiger partial charge in [-0.05, 0) is 39.5 Å². The second-order valence-electron chi connectivity index (χ2n) is 4.89. The Morgan fingerprint density at radius 1 is 1.53 bits per heavy atom. The summed E-state index contributed by atoms with van der Waals surface area (Å²) in [7, 11) is 2.12. The van der Waals surface area contributed by atoms with E-state index in [9.17, 15) is 0 Å². The van der Waals surface area contributed by atoms with E-state index in [1.807, 2.05) is 6.92 Å². The third-order valence-corrected chi connectivity index (χ3v) is 3.53. The van der Waals surface area contributed by atoms with Gasteiger partial charge in [0, 0.05) is 19.1 Å². The molecule has 4 heteroatoms. The van der Waals surface area contributed by atoms with Crippen LogP contribution in [0.4, 0.5) is 0 Å². The highest BCUT2D eigenvalue weighted by Crippen LogP contribution is 2.17. The molecule has 1 aliphatic rings. The Morgan fingerprint density at radius 2 is 2.29 bits per heavy atom. The largest absolute Gasteiger partial charge is 0.302 e. The molecule has 1 saturated heterocycles. The molecular weight excluding hydrogens is 212 g/mol. The number of likely N-dealkylation sites (tertiary alicyclic amines) is 1. The lowest BCUT2D eigenvalue weighted by molar-refractivity contribution is 0.194. The van der Waals surface area contributed by atoms with E-state index in [4.69, 9.17) is 5.26 Å². The van der Waals surface area contributed by atoms with Crippen LogP contribution in [-0.2, 0) is 0 Å². The maximum absolute atomic E-state index is 9.02. The van der Waals surface area contributed by atoms with Crippen LogP contribution in [0.1, 0.15) is 26.7 Å². The molecule has 1 rings (SSSR count). The fourth-order valence-electron chi connectivity index (χ4n) is 2.66. The van der Waals surface area contributed by atoms with Crippen LogP contribution in [0.25, 0.3) is 0 Å². The van der Waals surface area contributed by atoms with Crippen LogP contribution in [-0.4, -0.2) is 61.7 Å². The van der Waals surface area contributed by atoms with E-state index in [1.165, 1.54) is 19.4 Å². The maximum atomic E-state index is 9.02. The van der Waals surface area contributed by atoms with E-state index in [0.717, 1.165) is 26.2 Å². The summed E-state index contributed by atoms with van der Waals surface area (Å²) in [6.45, 7) is 9.42. The first-order chi connectivity index (χ1) is 8.21. The molecule has 17 heavy (non-hydrogen) atoms. The van der Waals surface area contributed by atoms with Gasteiger partial charge in [-0.15, -0.1) is 0 Å². The molecule has 0 spiro atoms. The summed E-state index contributed by atoms with van der Waals surface area (Å²) in [5.74, 6) is 0. The van der Waals surface area contributed by atoms with Crippen molar-refractivity contribution in [1.29, 1.82) is 5.26 Å². The molecule has 0 bridgehead atoms. The summed E-state index contributed by atoms with van der Waals surface area (Å²) in [6.07, 6.45) is 2.62. The standard InChI is InChI=1S/C13H26N4/c1-4-15-12(9-14)10-16(3)11-13-7-6-8-17(13)5-2/h12-13,15H,4-8,10-11H2,1-3H3. The zero-order valence-electron chi connectivity index (χ0n) is 11.4. The molecular formula is C13H26N4. The SMILES string of the molecule is CCNC(C#N)CN(C)CC1CCCN1CC. The van der Waals surface area contributed by atoms with Gasteiger partial charge < -0.3 is 10.2 Å². The van der Waals surface area contributed by atoms with Crippen molar-refractivity contribution < 1.29 is 0 Å². The molecule has 0 aromatic heterocycles. The Kier molecular flexibility index (Phi) is 6.49. The zero-order chi connectivity index (χ0) is 12.7. The molecule has 0 aromatic rings. The molecule has 1 fully saturated rings. The van der Waals surface area contributed by atoms with Crippen molar-refractivity contribution in [2.75, 3.05) is 39.8 Å². The van der Waals surface area contributed by atoms with Crippen LogP contribution >= 0.6 is 0 Å². The van der Waals surface area contributed by atoms with Gasteiger partial charge >= 0.3 is 0 Å². The second kappa shape index (κ2) is 7.65. The first kappa shape index (κ1) is 14.4. The van der Waals surface area contributed by atoms with Crippen molar-refractivity contribution >= 4 is 0 Å². The highest BCUT2D eigenvalue weighted by molar-refractivity contribution is 4.92. The van der Waals surface area contributed by atoms with Gasteiger partial charge in [-0.2, -0.15) is 5.26 Å². The van der Waals surface area contributed by atoms with Gasteiger partial charge in [0.15, 0.2) is 0 Å².